The average molecular weight is 332 g/mol. The molecule has 118 valence electrons. The Labute approximate surface area is 137 Å². The molecule has 0 aromatic heterocycles. The molecular weight excluding hydrogens is 318 g/mol. The van der Waals surface area contributed by atoms with Crippen LogP contribution in [0.25, 0.3) is 0 Å². The van der Waals surface area contributed by atoms with Crippen LogP contribution in [0.4, 0.5) is 4.79 Å². The summed E-state index contributed by atoms with van der Waals surface area (Å²) in [5.74, 6) is 1.46. The number of hydrogen-bond donors (Lipinski definition) is 1. The second kappa shape index (κ2) is 6.66. The molecule has 0 bridgehead atoms. The van der Waals surface area contributed by atoms with Crippen LogP contribution in [0.5, 0.6) is 11.5 Å². The quantitative estimate of drug-likeness (QED) is 0.526. The third-order valence-electron chi connectivity index (χ3n) is 3.58. The highest BCUT2D eigenvalue weighted by Gasteiger charge is 2.29. The molecule has 0 saturated heterocycles. The molecule has 0 atom stereocenters. The number of halogens is 1. The maximum atomic E-state index is 12.3. The van der Waals surface area contributed by atoms with Crippen molar-refractivity contribution >= 4 is 17.6 Å². The normalized spacial score (nSPS) is 12.6. The van der Waals surface area contributed by atoms with Crippen molar-refractivity contribution in [2.24, 2.45) is 5.29 Å². The Hall–Kier alpha value is -2.60. The van der Waals surface area contributed by atoms with E-state index in [1.165, 1.54) is 0 Å². The van der Waals surface area contributed by atoms with E-state index in [-0.39, 0.29) is 12.4 Å². The summed E-state index contributed by atoms with van der Waals surface area (Å²) in [6.45, 7) is 0.0450. The fourth-order valence-electron chi connectivity index (χ4n) is 2.52. The number of benzene rings is 2. The largest absolute Gasteiger partial charge is 0.457 e. The maximum absolute atomic E-state index is 12.3. The zero-order valence-electron chi connectivity index (χ0n) is 12.1. The summed E-state index contributed by atoms with van der Waals surface area (Å²) in [6, 6.07) is 13.8. The van der Waals surface area contributed by atoms with Gasteiger partial charge in [0.05, 0.1) is 17.9 Å². The Morgan fingerprint density at radius 2 is 1.70 bits per heavy atom. The minimum atomic E-state index is -0.600. The van der Waals surface area contributed by atoms with Crippen molar-refractivity contribution in [2.75, 3.05) is 12.4 Å². The second-order valence-electron chi connectivity index (χ2n) is 4.95. The number of carbonyl (C=O) groups is 1. The van der Waals surface area contributed by atoms with Crippen LogP contribution >= 0.6 is 11.6 Å². The molecule has 0 aliphatic carbocycles. The van der Waals surface area contributed by atoms with Crippen LogP contribution in [0.1, 0.15) is 17.2 Å². The van der Waals surface area contributed by atoms with Gasteiger partial charge in [0, 0.05) is 17.0 Å². The van der Waals surface area contributed by atoms with Crippen molar-refractivity contribution in [1.29, 1.82) is 0 Å². The number of nitrogens with one attached hydrogen (secondary N) is 1. The molecule has 0 spiro atoms. The van der Waals surface area contributed by atoms with E-state index in [0.717, 1.165) is 16.1 Å². The molecule has 2 aromatic rings. The van der Waals surface area contributed by atoms with Crippen LogP contribution in [-0.2, 0) is 0 Å². The number of urea groups is 1. The molecule has 1 N–H and O–H groups in total. The monoisotopic (exact) mass is 331 g/mol. The lowest BCUT2D eigenvalue weighted by Gasteiger charge is -2.29. The highest BCUT2D eigenvalue weighted by molar-refractivity contribution is 6.18. The molecular formula is C16H14ClN3O3. The third kappa shape index (κ3) is 2.98. The van der Waals surface area contributed by atoms with E-state index in [0.29, 0.717) is 11.5 Å². The van der Waals surface area contributed by atoms with Crippen LogP contribution in [0.3, 0.4) is 0 Å². The number of para-hydroxylation sites is 2. The van der Waals surface area contributed by atoms with Gasteiger partial charge in [-0.3, -0.25) is 0 Å². The van der Waals surface area contributed by atoms with E-state index in [4.69, 9.17) is 16.3 Å². The van der Waals surface area contributed by atoms with Gasteiger partial charge < -0.3 is 10.1 Å². The minimum absolute atomic E-state index is 0.0450. The number of rotatable bonds is 4. The van der Waals surface area contributed by atoms with Crippen molar-refractivity contribution in [2.45, 2.75) is 6.04 Å². The first-order valence-corrected chi connectivity index (χ1v) is 7.61. The van der Waals surface area contributed by atoms with E-state index in [1.54, 1.807) is 0 Å². The Kier molecular flexibility index (Phi) is 4.43. The lowest BCUT2D eigenvalue weighted by Crippen LogP contribution is -2.40. The summed E-state index contributed by atoms with van der Waals surface area (Å²) in [4.78, 5) is 23.1. The Balaban J connectivity index is 1.95. The van der Waals surface area contributed by atoms with Crippen LogP contribution in [0.2, 0.25) is 0 Å². The summed E-state index contributed by atoms with van der Waals surface area (Å²) in [5.41, 5.74) is 1.63. The highest BCUT2D eigenvalue weighted by Crippen LogP contribution is 2.42. The Morgan fingerprint density at radius 3 is 2.22 bits per heavy atom. The van der Waals surface area contributed by atoms with Crippen molar-refractivity contribution in [1.82, 2.24) is 10.3 Å². The molecule has 1 aliphatic heterocycles. The number of fused-ring (bicyclic) bond motifs is 2. The number of hydrogen-bond acceptors (Lipinski definition) is 4. The maximum Gasteiger partial charge on any atom is 0.341 e. The summed E-state index contributed by atoms with van der Waals surface area (Å²) in [7, 11) is 0. The first kappa shape index (κ1) is 15.3. The molecule has 0 fully saturated rings. The zero-order valence-corrected chi connectivity index (χ0v) is 12.9. The van der Waals surface area contributed by atoms with Gasteiger partial charge in [0.1, 0.15) is 11.5 Å². The van der Waals surface area contributed by atoms with Gasteiger partial charge in [0.25, 0.3) is 0 Å². The fraction of sp³-hybridized carbons (Fsp3) is 0.188. The molecule has 6 nitrogen and oxygen atoms in total. The predicted octanol–water partition coefficient (Wildman–Crippen LogP) is 3.81. The molecule has 0 unspecified atom stereocenters. The number of nitrogens with zero attached hydrogens (tertiary/aromatic N) is 2. The summed E-state index contributed by atoms with van der Waals surface area (Å²) >= 11 is 5.58. The smallest absolute Gasteiger partial charge is 0.341 e. The zero-order chi connectivity index (χ0) is 16.2. The van der Waals surface area contributed by atoms with Crippen molar-refractivity contribution in [3.05, 3.63) is 64.6 Å². The molecule has 7 heteroatoms. The van der Waals surface area contributed by atoms with Gasteiger partial charge in [0.15, 0.2) is 0 Å². The van der Waals surface area contributed by atoms with Crippen LogP contribution < -0.4 is 10.1 Å². The van der Waals surface area contributed by atoms with Gasteiger partial charge in [-0.15, -0.1) is 16.5 Å². The van der Waals surface area contributed by atoms with Crippen LogP contribution in [0.15, 0.2) is 53.8 Å². The standard InChI is InChI=1S/C16H14ClN3O3/c17-9-10-20(19-22)16(21)18-15-11-5-1-3-7-13(11)23-14-8-4-2-6-12(14)15/h1-8,15H,9-10H2,(H,18,21). The first-order valence-electron chi connectivity index (χ1n) is 7.07. The number of alkyl halides is 1. The van der Waals surface area contributed by atoms with Gasteiger partial charge in [-0.2, -0.15) is 5.01 Å². The number of ether oxygens (including phenoxy) is 1. The average Bonchev–Trinajstić information content (AvgIpc) is 2.59. The van der Waals surface area contributed by atoms with Gasteiger partial charge >= 0.3 is 6.03 Å². The topological polar surface area (TPSA) is 71.0 Å². The lowest BCUT2D eigenvalue weighted by atomic mass is 9.95. The fourth-order valence-corrected chi connectivity index (χ4v) is 2.68. The summed E-state index contributed by atoms with van der Waals surface area (Å²) in [6.07, 6.45) is 0. The predicted molar refractivity (Wildman–Crippen MR) is 86.6 cm³/mol. The number of amides is 2. The molecule has 1 heterocycles. The number of carbonyl (C=O) groups excluding carboxylic acids is 1. The van der Waals surface area contributed by atoms with Gasteiger partial charge in [-0.1, -0.05) is 36.4 Å². The SMILES string of the molecule is O=NN(CCCl)C(=O)NC1c2ccccc2Oc2ccccc21. The van der Waals surface area contributed by atoms with E-state index >= 15 is 0 Å². The lowest BCUT2D eigenvalue weighted by molar-refractivity contribution is 0.199. The second-order valence-corrected chi connectivity index (χ2v) is 5.33. The highest BCUT2D eigenvalue weighted by atomic mass is 35.5. The third-order valence-corrected chi connectivity index (χ3v) is 3.75. The minimum Gasteiger partial charge on any atom is -0.457 e. The van der Waals surface area contributed by atoms with E-state index in [9.17, 15) is 9.70 Å². The van der Waals surface area contributed by atoms with Gasteiger partial charge in [0.2, 0.25) is 0 Å². The van der Waals surface area contributed by atoms with Crippen molar-refractivity contribution in [3.63, 3.8) is 0 Å². The summed E-state index contributed by atoms with van der Waals surface area (Å²) < 4.78 is 5.85. The first-order chi connectivity index (χ1) is 11.2. The molecule has 2 amide bonds. The van der Waals surface area contributed by atoms with E-state index in [1.807, 2.05) is 48.5 Å². The van der Waals surface area contributed by atoms with Gasteiger partial charge in [-0.05, 0) is 12.1 Å². The molecule has 23 heavy (non-hydrogen) atoms. The molecule has 3 rings (SSSR count). The van der Waals surface area contributed by atoms with Crippen molar-refractivity contribution in [3.8, 4) is 11.5 Å². The van der Waals surface area contributed by atoms with Crippen molar-refractivity contribution < 1.29 is 9.53 Å². The summed E-state index contributed by atoms with van der Waals surface area (Å²) in [5, 5.41) is 6.30. The van der Waals surface area contributed by atoms with Crippen LogP contribution in [-0.4, -0.2) is 23.5 Å². The Bertz CT molecular complexity index is 693. The molecule has 0 saturated carbocycles. The van der Waals surface area contributed by atoms with Crippen LogP contribution in [0, 0.1) is 4.91 Å². The Morgan fingerprint density at radius 1 is 1.13 bits per heavy atom. The van der Waals surface area contributed by atoms with Gasteiger partial charge in [-0.25, -0.2) is 4.79 Å². The number of nitroso groups, excluding NO2 is 1. The molecule has 0 radical (unpaired) electrons. The van der Waals surface area contributed by atoms with E-state index in [2.05, 4.69) is 10.6 Å². The molecule has 2 aromatic carbocycles. The van der Waals surface area contributed by atoms with E-state index < -0.39 is 12.1 Å². The molecule has 1 aliphatic rings.